The van der Waals surface area contributed by atoms with Gasteiger partial charge in [0.05, 0.1) is 0 Å². The van der Waals surface area contributed by atoms with Crippen LogP contribution in [-0.2, 0) is 6.54 Å². The van der Waals surface area contributed by atoms with Gasteiger partial charge in [0.1, 0.15) is 12.4 Å². The molecule has 0 saturated carbocycles. The number of hydrogen-bond acceptors (Lipinski definition) is 1. The molecule has 2 N–H and O–H groups in total. The van der Waals surface area contributed by atoms with Gasteiger partial charge in [0.2, 0.25) is 0 Å². The standard InChI is InChI=1S/C13H11FN2O/c14-11-6-4-10(5-7-11)13(17)16-9-12-3-1-2-8-15-12/h1-8H,9H2,(H,16,17)/p+1. The third-order valence-corrected chi connectivity index (χ3v) is 2.32. The molecule has 0 spiro atoms. The Morgan fingerprint density at radius 1 is 1.18 bits per heavy atom. The average molecular weight is 231 g/mol. The molecular formula is C13H12FN2O+. The van der Waals surface area contributed by atoms with Crippen LogP contribution >= 0.6 is 0 Å². The summed E-state index contributed by atoms with van der Waals surface area (Å²) in [5.41, 5.74) is 1.35. The molecule has 0 fully saturated rings. The Bertz CT molecular complexity index is 497. The highest BCUT2D eigenvalue weighted by Crippen LogP contribution is 2.02. The molecule has 0 radical (unpaired) electrons. The Labute approximate surface area is 98.3 Å². The van der Waals surface area contributed by atoms with Crippen molar-refractivity contribution in [3.8, 4) is 0 Å². The fourth-order valence-electron chi connectivity index (χ4n) is 1.42. The molecule has 3 nitrogen and oxygen atoms in total. The lowest BCUT2D eigenvalue weighted by Gasteiger charge is -2.02. The lowest BCUT2D eigenvalue weighted by atomic mass is 10.2. The molecule has 1 aromatic heterocycles. The van der Waals surface area contributed by atoms with Gasteiger partial charge in [-0.1, -0.05) is 6.07 Å². The number of aromatic amines is 1. The number of nitrogens with one attached hydrogen (secondary N) is 2. The number of carbonyl (C=O) groups excluding carboxylic acids is 1. The lowest BCUT2D eigenvalue weighted by Crippen LogP contribution is -2.26. The maximum atomic E-state index is 12.7. The van der Waals surface area contributed by atoms with Crippen LogP contribution in [0.25, 0.3) is 0 Å². The van der Waals surface area contributed by atoms with Gasteiger partial charge in [0, 0.05) is 17.7 Å². The molecule has 0 aliphatic carbocycles. The molecule has 0 bridgehead atoms. The Morgan fingerprint density at radius 3 is 2.59 bits per heavy atom. The number of hydrogen-bond donors (Lipinski definition) is 1. The van der Waals surface area contributed by atoms with E-state index < -0.39 is 0 Å². The average Bonchev–Trinajstić information content (AvgIpc) is 2.38. The monoisotopic (exact) mass is 231 g/mol. The quantitative estimate of drug-likeness (QED) is 0.856. The molecule has 1 amide bonds. The van der Waals surface area contributed by atoms with Gasteiger partial charge in [-0.05, 0) is 24.3 Å². The summed E-state index contributed by atoms with van der Waals surface area (Å²) in [4.78, 5) is 14.7. The minimum atomic E-state index is -0.349. The van der Waals surface area contributed by atoms with E-state index in [0.29, 0.717) is 12.1 Å². The maximum Gasteiger partial charge on any atom is 0.251 e. The summed E-state index contributed by atoms with van der Waals surface area (Å²) in [5, 5.41) is 2.74. The lowest BCUT2D eigenvalue weighted by molar-refractivity contribution is -0.390. The van der Waals surface area contributed by atoms with Gasteiger partial charge < -0.3 is 5.32 Å². The summed E-state index contributed by atoms with van der Waals surface area (Å²) in [6.07, 6.45) is 1.79. The minimum absolute atomic E-state index is 0.220. The Hall–Kier alpha value is -2.23. The number of aromatic nitrogens is 1. The second-order valence-corrected chi connectivity index (χ2v) is 3.58. The van der Waals surface area contributed by atoms with Crippen molar-refractivity contribution in [1.29, 1.82) is 0 Å². The first-order valence-corrected chi connectivity index (χ1v) is 5.25. The summed E-state index contributed by atoms with van der Waals surface area (Å²) >= 11 is 0. The van der Waals surface area contributed by atoms with E-state index in [4.69, 9.17) is 0 Å². The second-order valence-electron chi connectivity index (χ2n) is 3.58. The number of pyridine rings is 1. The van der Waals surface area contributed by atoms with Crippen LogP contribution in [0.1, 0.15) is 16.1 Å². The Morgan fingerprint density at radius 2 is 1.94 bits per heavy atom. The number of rotatable bonds is 3. The summed E-state index contributed by atoms with van der Waals surface area (Å²) in [6.45, 7) is 0.414. The zero-order valence-electron chi connectivity index (χ0n) is 9.11. The summed E-state index contributed by atoms with van der Waals surface area (Å²) < 4.78 is 12.7. The third kappa shape index (κ3) is 3.11. The normalized spacial score (nSPS) is 9.94. The fourth-order valence-corrected chi connectivity index (χ4v) is 1.42. The van der Waals surface area contributed by atoms with Crippen LogP contribution in [0.15, 0.2) is 48.7 Å². The minimum Gasteiger partial charge on any atom is -0.342 e. The number of halogens is 1. The molecule has 1 aromatic carbocycles. The van der Waals surface area contributed by atoms with Crippen molar-refractivity contribution in [2.75, 3.05) is 0 Å². The first kappa shape index (κ1) is 11.3. The molecule has 86 valence electrons. The van der Waals surface area contributed by atoms with Crippen LogP contribution in [0, 0.1) is 5.82 Å². The van der Waals surface area contributed by atoms with E-state index in [9.17, 15) is 9.18 Å². The van der Waals surface area contributed by atoms with Crippen molar-refractivity contribution < 1.29 is 14.2 Å². The molecule has 0 saturated heterocycles. The van der Waals surface area contributed by atoms with E-state index in [1.807, 2.05) is 18.2 Å². The SMILES string of the molecule is O=C(NCc1cccc[nH+]1)c1ccc(F)cc1. The molecule has 0 atom stereocenters. The first-order chi connectivity index (χ1) is 8.25. The van der Waals surface area contributed by atoms with E-state index in [-0.39, 0.29) is 11.7 Å². The van der Waals surface area contributed by atoms with Gasteiger partial charge in [-0.2, -0.15) is 0 Å². The highest BCUT2D eigenvalue weighted by molar-refractivity contribution is 5.94. The van der Waals surface area contributed by atoms with E-state index in [2.05, 4.69) is 10.3 Å². The second kappa shape index (κ2) is 5.21. The topological polar surface area (TPSA) is 43.2 Å². The molecule has 0 aliphatic heterocycles. The van der Waals surface area contributed by atoms with Crippen molar-refractivity contribution in [1.82, 2.24) is 5.32 Å². The maximum absolute atomic E-state index is 12.7. The first-order valence-electron chi connectivity index (χ1n) is 5.25. The van der Waals surface area contributed by atoms with E-state index in [0.717, 1.165) is 5.69 Å². The highest BCUT2D eigenvalue weighted by atomic mass is 19.1. The largest absolute Gasteiger partial charge is 0.342 e. The highest BCUT2D eigenvalue weighted by Gasteiger charge is 2.06. The number of amides is 1. The molecule has 4 heteroatoms. The molecule has 0 unspecified atom stereocenters. The zero-order chi connectivity index (χ0) is 12.1. The number of H-pyrrole nitrogens is 1. The van der Waals surface area contributed by atoms with Crippen molar-refractivity contribution in [2.45, 2.75) is 6.54 Å². The van der Waals surface area contributed by atoms with Gasteiger partial charge in [0.25, 0.3) is 5.91 Å². The van der Waals surface area contributed by atoms with Crippen LogP contribution in [0.5, 0.6) is 0 Å². The van der Waals surface area contributed by atoms with Gasteiger partial charge >= 0.3 is 0 Å². The fraction of sp³-hybridized carbons (Fsp3) is 0.0769. The molecular weight excluding hydrogens is 219 g/mol. The van der Waals surface area contributed by atoms with Gasteiger partial charge in [0.15, 0.2) is 11.9 Å². The van der Waals surface area contributed by atoms with Crippen LogP contribution in [0.4, 0.5) is 4.39 Å². The van der Waals surface area contributed by atoms with Crippen molar-refractivity contribution >= 4 is 5.91 Å². The predicted molar refractivity (Wildman–Crippen MR) is 60.6 cm³/mol. The summed E-state index contributed by atoms with van der Waals surface area (Å²) in [7, 11) is 0. The molecule has 2 rings (SSSR count). The Balaban J connectivity index is 1.96. The molecule has 17 heavy (non-hydrogen) atoms. The summed E-state index contributed by atoms with van der Waals surface area (Å²) in [5.74, 6) is -0.569. The van der Waals surface area contributed by atoms with Crippen LogP contribution < -0.4 is 10.3 Å². The summed E-state index contributed by atoms with van der Waals surface area (Å²) in [6, 6.07) is 11.1. The van der Waals surface area contributed by atoms with Crippen molar-refractivity contribution in [3.05, 3.63) is 65.7 Å². The third-order valence-electron chi connectivity index (χ3n) is 2.32. The van der Waals surface area contributed by atoms with Gasteiger partial charge in [-0.25, -0.2) is 9.37 Å². The predicted octanol–water partition coefficient (Wildman–Crippen LogP) is 1.57. The van der Waals surface area contributed by atoms with Crippen LogP contribution in [0.2, 0.25) is 0 Å². The van der Waals surface area contributed by atoms with Crippen LogP contribution in [-0.4, -0.2) is 5.91 Å². The van der Waals surface area contributed by atoms with E-state index in [1.165, 1.54) is 24.3 Å². The molecule has 0 aliphatic rings. The van der Waals surface area contributed by atoms with E-state index in [1.54, 1.807) is 6.20 Å². The van der Waals surface area contributed by atoms with E-state index >= 15 is 0 Å². The molecule has 2 aromatic rings. The van der Waals surface area contributed by atoms with Gasteiger partial charge in [-0.3, -0.25) is 4.79 Å². The Kier molecular flexibility index (Phi) is 3.45. The van der Waals surface area contributed by atoms with Crippen LogP contribution in [0.3, 0.4) is 0 Å². The smallest absolute Gasteiger partial charge is 0.251 e. The number of benzene rings is 1. The van der Waals surface area contributed by atoms with Crippen molar-refractivity contribution in [3.63, 3.8) is 0 Å². The number of carbonyl (C=O) groups is 1. The van der Waals surface area contributed by atoms with Gasteiger partial charge in [-0.15, -0.1) is 0 Å². The molecule has 1 heterocycles. The van der Waals surface area contributed by atoms with Crippen molar-refractivity contribution in [2.24, 2.45) is 0 Å². The zero-order valence-corrected chi connectivity index (χ0v) is 9.11.